The van der Waals surface area contributed by atoms with Crippen molar-refractivity contribution in [3.63, 3.8) is 0 Å². The van der Waals surface area contributed by atoms with E-state index in [1.807, 2.05) is 6.92 Å². The topological polar surface area (TPSA) is 72.8 Å². The van der Waals surface area contributed by atoms with Gasteiger partial charge in [-0.15, -0.1) is 0 Å². The van der Waals surface area contributed by atoms with Gasteiger partial charge in [0, 0.05) is 18.4 Å². The largest absolute Gasteiger partial charge is 0.487 e. The second-order valence-electron chi connectivity index (χ2n) is 14.6. The molecule has 3 atom stereocenters. The number of ether oxygens (including phenoxy) is 2. The summed E-state index contributed by atoms with van der Waals surface area (Å²) in [5.74, 6) is 3.23. The number of carbonyl (C=O) groups excluding carboxylic acids is 1. The van der Waals surface area contributed by atoms with Gasteiger partial charge in [-0.1, -0.05) is 91.9 Å². The number of carbonyl (C=O) groups is 2. The Labute approximate surface area is 263 Å². The number of aliphatic carboxylic acids is 1. The molecule has 0 saturated heterocycles. The normalized spacial score (nSPS) is 17.8. The summed E-state index contributed by atoms with van der Waals surface area (Å²) in [6, 6.07) is 0. The van der Waals surface area contributed by atoms with Gasteiger partial charge in [0.05, 0.1) is 0 Å². The van der Waals surface area contributed by atoms with Crippen LogP contribution in [0.3, 0.4) is 0 Å². The Bertz CT molecular complexity index is 1010. The molecule has 1 heterocycles. The summed E-state index contributed by atoms with van der Waals surface area (Å²) in [5.41, 5.74) is 4.16. The Morgan fingerprint density at radius 2 is 1.33 bits per heavy atom. The number of benzene rings is 1. The Balaban J connectivity index is 1.81. The molecule has 0 aromatic heterocycles. The second-order valence-corrected chi connectivity index (χ2v) is 14.6. The van der Waals surface area contributed by atoms with Crippen LogP contribution in [0.2, 0.25) is 0 Å². The van der Waals surface area contributed by atoms with Crippen LogP contribution >= 0.6 is 0 Å². The zero-order valence-electron chi connectivity index (χ0n) is 29.0. The Hall–Kier alpha value is -2.04. The van der Waals surface area contributed by atoms with Crippen molar-refractivity contribution in [1.82, 2.24) is 0 Å². The summed E-state index contributed by atoms with van der Waals surface area (Å²) in [5, 5.41) is 8.74. The quantitative estimate of drug-likeness (QED) is 0.0863. The molecule has 2 rings (SSSR count). The van der Waals surface area contributed by atoms with Gasteiger partial charge in [0.15, 0.2) is 0 Å². The van der Waals surface area contributed by atoms with Crippen molar-refractivity contribution >= 4 is 11.9 Å². The number of unbranched alkanes of at least 4 members (excludes halogenated alkanes) is 4. The first-order valence-electron chi connectivity index (χ1n) is 17.6. The number of carboxylic acid groups (broad SMARTS) is 1. The lowest BCUT2D eigenvalue weighted by molar-refractivity contribution is -0.137. The highest BCUT2D eigenvalue weighted by molar-refractivity contribution is 5.74. The molecular formula is C38H64O5. The predicted octanol–water partition coefficient (Wildman–Crippen LogP) is 10.9. The first kappa shape index (κ1) is 37.1. The minimum Gasteiger partial charge on any atom is -0.487 e. The number of hydrogen-bond acceptors (Lipinski definition) is 4. The van der Waals surface area contributed by atoms with Crippen LogP contribution in [0, 0.1) is 38.5 Å². The number of rotatable bonds is 21. The van der Waals surface area contributed by atoms with Crippen molar-refractivity contribution in [3.8, 4) is 11.5 Å². The third-order valence-corrected chi connectivity index (χ3v) is 9.83. The van der Waals surface area contributed by atoms with Gasteiger partial charge in [-0.3, -0.25) is 9.59 Å². The van der Waals surface area contributed by atoms with Crippen LogP contribution in [0.5, 0.6) is 11.5 Å². The van der Waals surface area contributed by atoms with E-state index in [1.54, 1.807) is 0 Å². The smallest absolute Gasteiger partial charge is 0.311 e. The fraction of sp³-hybridized carbons (Fsp3) is 0.789. The van der Waals surface area contributed by atoms with Crippen LogP contribution in [-0.4, -0.2) is 22.6 Å². The molecule has 0 amide bonds. The molecule has 0 aliphatic carbocycles. The van der Waals surface area contributed by atoms with Crippen LogP contribution < -0.4 is 9.47 Å². The van der Waals surface area contributed by atoms with Gasteiger partial charge in [-0.25, -0.2) is 0 Å². The fourth-order valence-corrected chi connectivity index (χ4v) is 6.65. The third-order valence-electron chi connectivity index (χ3n) is 9.83. The van der Waals surface area contributed by atoms with Gasteiger partial charge < -0.3 is 14.6 Å². The molecule has 5 nitrogen and oxygen atoms in total. The van der Waals surface area contributed by atoms with E-state index in [-0.39, 0.29) is 18.0 Å². The van der Waals surface area contributed by atoms with Crippen LogP contribution in [-0.2, 0) is 16.0 Å². The zero-order chi connectivity index (χ0) is 32.0. The zero-order valence-corrected chi connectivity index (χ0v) is 29.0. The minimum absolute atomic E-state index is 0.149. The van der Waals surface area contributed by atoms with E-state index in [0.29, 0.717) is 18.6 Å². The van der Waals surface area contributed by atoms with E-state index in [1.165, 1.54) is 56.9 Å². The summed E-state index contributed by atoms with van der Waals surface area (Å²) in [7, 11) is 0. The highest BCUT2D eigenvalue weighted by Gasteiger charge is 2.34. The van der Waals surface area contributed by atoms with E-state index >= 15 is 0 Å². The monoisotopic (exact) mass is 600 g/mol. The third kappa shape index (κ3) is 13.2. The molecule has 1 aromatic carbocycles. The summed E-state index contributed by atoms with van der Waals surface area (Å²) in [6.07, 6.45) is 18.5. The fourth-order valence-electron chi connectivity index (χ4n) is 6.65. The van der Waals surface area contributed by atoms with Gasteiger partial charge in [-0.05, 0) is 101 Å². The second kappa shape index (κ2) is 18.7. The van der Waals surface area contributed by atoms with E-state index in [0.717, 1.165) is 85.1 Å². The minimum atomic E-state index is -0.742. The van der Waals surface area contributed by atoms with Gasteiger partial charge in [0.25, 0.3) is 0 Å². The lowest BCUT2D eigenvalue weighted by atomic mass is 9.83. The predicted molar refractivity (Wildman–Crippen MR) is 178 cm³/mol. The molecule has 5 heteroatoms. The van der Waals surface area contributed by atoms with Crippen molar-refractivity contribution in [3.05, 3.63) is 22.3 Å². The van der Waals surface area contributed by atoms with Gasteiger partial charge >= 0.3 is 11.9 Å². The molecule has 0 bridgehead atoms. The number of fused-ring (bicyclic) bond motifs is 1. The van der Waals surface area contributed by atoms with Crippen LogP contribution in [0.25, 0.3) is 0 Å². The first-order valence-corrected chi connectivity index (χ1v) is 17.6. The van der Waals surface area contributed by atoms with Crippen LogP contribution in [0.1, 0.15) is 166 Å². The summed E-state index contributed by atoms with van der Waals surface area (Å²) < 4.78 is 12.7. The van der Waals surface area contributed by atoms with Crippen molar-refractivity contribution in [1.29, 1.82) is 0 Å². The molecule has 1 N–H and O–H groups in total. The van der Waals surface area contributed by atoms with Crippen molar-refractivity contribution in [2.24, 2.45) is 17.8 Å². The Kier molecular flexibility index (Phi) is 16.2. The molecule has 0 radical (unpaired) electrons. The maximum atomic E-state index is 12.7. The lowest BCUT2D eigenvalue weighted by Gasteiger charge is -2.38. The standard InChI is InChI=1S/C38H64O5/c1-27(2)17-14-18-28(3)19-15-20-29(4)21-16-25-38(8)26-24-33-32(7)36(30(5)31(6)37(33)43-38)42-35(41)23-13-11-9-10-12-22-34(39)40/h27-29H,9-26H2,1-8H3,(H,39,40). The molecule has 0 saturated carbocycles. The average molecular weight is 601 g/mol. The number of carboxylic acids is 1. The molecule has 1 aliphatic heterocycles. The SMILES string of the molecule is Cc1c(C)c2c(c(C)c1OC(=O)CCCCCCCC(=O)O)CCC(C)(CCCC(C)CCCC(C)CCCC(C)C)O2. The molecular weight excluding hydrogens is 536 g/mol. The van der Waals surface area contributed by atoms with Gasteiger partial charge in [0.1, 0.15) is 17.1 Å². The number of esters is 1. The summed E-state index contributed by atoms with van der Waals surface area (Å²) in [4.78, 5) is 23.3. The van der Waals surface area contributed by atoms with Crippen molar-refractivity contribution in [2.45, 2.75) is 177 Å². The Morgan fingerprint density at radius 3 is 1.93 bits per heavy atom. The van der Waals surface area contributed by atoms with Gasteiger partial charge in [-0.2, -0.15) is 0 Å². The lowest BCUT2D eigenvalue weighted by Crippen LogP contribution is -2.37. The highest BCUT2D eigenvalue weighted by atomic mass is 16.5. The van der Waals surface area contributed by atoms with Crippen LogP contribution in [0.4, 0.5) is 0 Å². The molecule has 1 aromatic rings. The molecule has 3 unspecified atom stereocenters. The van der Waals surface area contributed by atoms with Crippen LogP contribution in [0.15, 0.2) is 0 Å². The summed E-state index contributed by atoms with van der Waals surface area (Å²) in [6.45, 7) is 18.0. The Morgan fingerprint density at radius 1 is 0.767 bits per heavy atom. The first-order chi connectivity index (χ1) is 20.3. The van der Waals surface area contributed by atoms with E-state index in [2.05, 4.69) is 48.5 Å². The van der Waals surface area contributed by atoms with E-state index in [9.17, 15) is 9.59 Å². The molecule has 0 fully saturated rings. The number of hydrogen-bond donors (Lipinski definition) is 1. The van der Waals surface area contributed by atoms with Gasteiger partial charge in [0.2, 0.25) is 0 Å². The van der Waals surface area contributed by atoms with E-state index < -0.39 is 5.97 Å². The maximum Gasteiger partial charge on any atom is 0.311 e. The highest BCUT2D eigenvalue weighted by Crippen LogP contribution is 2.45. The molecule has 246 valence electrons. The van der Waals surface area contributed by atoms with Crippen molar-refractivity contribution in [2.75, 3.05) is 0 Å². The molecule has 0 spiro atoms. The average Bonchev–Trinajstić information content (AvgIpc) is 2.93. The molecule has 1 aliphatic rings. The maximum absolute atomic E-state index is 12.7. The van der Waals surface area contributed by atoms with E-state index in [4.69, 9.17) is 14.6 Å². The summed E-state index contributed by atoms with van der Waals surface area (Å²) >= 11 is 0. The molecule has 43 heavy (non-hydrogen) atoms. The van der Waals surface area contributed by atoms with Crippen molar-refractivity contribution < 1.29 is 24.2 Å².